The van der Waals surface area contributed by atoms with Crippen molar-refractivity contribution in [1.29, 1.82) is 0 Å². The monoisotopic (exact) mass is 217 g/mol. The van der Waals surface area contributed by atoms with E-state index in [0.717, 1.165) is 13.1 Å². The molecule has 0 rings (SSSR count). The second-order valence-corrected chi connectivity index (χ2v) is 3.17. The van der Waals surface area contributed by atoms with Gasteiger partial charge in [-0.2, -0.15) is 0 Å². The summed E-state index contributed by atoms with van der Waals surface area (Å²) >= 11 is 0. The van der Waals surface area contributed by atoms with Crippen molar-refractivity contribution in [3.8, 4) is 0 Å². The number of aliphatic hydroxyl groups excluding tert-OH is 1. The third kappa shape index (κ3) is 7.90. The van der Waals surface area contributed by atoms with Gasteiger partial charge in [-0.05, 0) is 13.0 Å². The molecule has 6 heteroatoms. The summed E-state index contributed by atoms with van der Waals surface area (Å²) in [6.07, 6.45) is 0.924. The molecule has 0 atom stereocenters. The summed E-state index contributed by atoms with van der Waals surface area (Å²) in [5.41, 5.74) is 4.79. The lowest BCUT2D eigenvalue weighted by Crippen LogP contribution is -2.37. The molecule has 0 radical (unpaired) electrons. The minimum absolute atomic E-state index is 0.143. The van der Waals surface area contributed by atoms with Gasteiger partial charge in [0.15, 0.2) is 0 Å². The molecule has 15 heavy (non-hydrogen) atoms. The quantitative estimate of drug-likeness (QED) is 0.524. The Balaban J connectivity index is 3.69. The number of nitrogens with zero attached hydrogens (tertiary/aromatic N) is 1. The van der Waals surface area contributed by atoms with Crippen LogP contribution >= 0.6 is 0 Å². The van der Waals surface area contributed by atoms with Crippen LogP contribution in [0.25, 0.3) is 0 Å². The Hall–Kier alpha value is -1.14. The largest absolute Gasteiger partial charge is 0.396 e. The fourth-order valence-electron chi connectivity index (χ4n) is 1.18. The summed E-state index contributed by atoms with van der Waals surface area (Å²) in [6.45, 7) is 4.24. The SMILES string of the molecule is CCN(CCCO)CCC(=O)NC(N)=O. The Morgan fingerprint density at radius 3 is 2.53 bits per heavy atom. The lowest BCUT2D eigenvalue weighted by atomic mass is 10.3. The molecular weight excluding hydrogens is 198 g/mol. The Bertz CT molecular complexity index is 209. The average molecular weight is 217 g/mol. The van der Waals surface area contributed by atoms with E-state index in [9.17, 15) is 9.59 Å². The zero-order valence-electron chi connectivity index (χ0n) is 9.03. The van der Waals surface area contributed by atoms with E-state index in [1.54, 1.807) is 0 Å². The number of amides is 3. The maximum atomic E-state index is 11.1. The van der Waals surface area contributed by atoms with Gasteiger partial charge in [0.1, 0.15) is 0 Å². The highest BCUT2D eigenvalue weighted by Gasteiger charge is 2.07. The van der Waals surface area contributed by atoms with Crippen LogP contribution in [-0.2, 0) is 4.79 Å². The van der Waals surface area contributed by atoms with Crippen molar-refractivity contribution in [1.82, 2.24) is 10.2 Å². The highest BCUT2D eigenvalue weighted by atomic mass is 16.3. The minimum Gasteiger partial charge on any atom is -0.396 e. The number of hydrogen-bond donors (Lipinski definition) is 3. The molecular formula is C9H19N3O3. The first kappa shape index (κ1) is 13.9. The number of rotatable bonds is 7. The van der Waals surface area contributed by atoms with Gasteiger partial charge in [-0.25, -0.2) is 4.79 Å². The highest BCUT2D eigenvalue weighted by molar-refractivity contribution is 5.93. The van der Waals surface area contributed by atoms with Crippen LogP contribution in [0.2, 0.25) is 0 Å². The summed E-state index contributed by atoms with van der Waals surface area (Å²) < 4.78 is 0. The number of aliphatic hydroxyl groups is 1. The first-order chi connectivity index (χ1) is 7.10. The van der Waals surface area contributed by atoms with Gasteiger partial charge < -0.3 is 15.7 Å². The molecule has 0 aromatic heterocycles. The van der Waals surface area contributed by atoms with Gasteiger partial charge in [0, 0.05) is 26.1 Å². The van der Waals surface area contributed by atoms with Crippen molar-refractivity contribution in [2.24, 2.45) is 5.73 Å². The van der Waals surface area contributed by atoms with E-state index in [-0.39, 0.29) is 18.9 Å². The van der Waals surface area contributed by atoms with Crippen LogP contribution in [0.1, 0.15) is 19.8 Å². The smallest absolute Gasteiger partial charge is 0.318 e. The molecule has 3 amide bonds. The molecule has 0 aliphatic rings. The second kappa shape index (κ2) is 8.19. The molecule has 0 aliphatic heterocycles. The molecule has 88 valence electrons. The molecule has 0 aliphatic carbocycles. The predicted molar refractivity (Wildman–Crippen MR) is 56.2 cm³/mol. The Morgan fingerprint density at radius 1 is 1.40 bits per heavy atom. The lowest BCUT2D eigenvalue weighted by molar-refractivity contribution is -0.120. The number of urea groups is 1. The Labute approximate surface area is 89.4 Å². The third-order valence-electron chi connectivity index (χ3n) is 2.00. The number of hydrogen-bond acceptors (Lipinski definition) is 4. The molecule has 0 aromatic rings. The van der Waals surface area contributed by atoms with E-state index in [2.05, 4.69) is 0 Å². The standard InChI is InChI=1S/C9H19N3O3/c1-2-12(5-3-7-13)6-4-8(14)11-9(10)15/h13H,2-7H2,1H3,(H3,10,11,14,15). The molecule has 6 nitrogen and oxygen atoms in total. The second-order valence-electron chi connectivity index (χ2n) is 3.17. The van der Waals surface area contributed by atoms with Gasteiger partial charge in [-0.15, -0.1) is 0 Å². The molecule has 0 spiro atoms. The van der Waals surface area contributed by atoms with E-state index in [1.165, 1.54) is 0 Å². The van der Waals surface area contributed by atoms with Crippen molar-refractivity contribution in [2.75, 3.05) is 26.2 Å². The van der Waals surface area contributed by atoms with Crippen LogP contribution in [0.4, 0.5) is 4.79 Å². The number of nitrogens with one attached hydrogen (secondary N) is 1. The summed E-state index contributed by atoms with van der Waals surface area (Å²) in [5, 5.41) is 10.6. The first-order valence-corrected chi connectivity index (χ1v) is 5.02. The molecule has 0 aromatic carbocycles. The van der Waals surface area contributed by atoms with Crippen LogP contribution in [0.3, 0.4) is 0 Å². The van der Waals surface area contributed by atoms with E-state index in [0.29, 0.717) is 13.0 Å². The van der Waals surface area contributed by atoms with E-state index in [1.807, 2.05) is 17.1 Å². The van der Waals surface area contributed by atoms with Crippen molar-refractivity contribution >= 4 is 11.9 Å². The lowest BCUT2D eigenvalue weighted by Gasteiger charge is -2.18. The normalized spacial score (nSPS) is 10.3. The predicted octanol–water partition coefficient (Wildman–Crippen LogP) is -0.724. The molecule has 0 heterocycles. The molecule has 0 saturated carbocycles. The van der Waals surface area contributed by atoms with E-state index in [4.69, 9.17) is 10.8 Å². The molecule has 0 bridgehead atoms. The van der Waals surface area contributed by atoms with Crippen molar-refractivity contribution < 1.29 is 14.7 Å². The molecule has 0 unspecified atom stereocenters. The summed E-state index contributed by atoms with van der Waals surface area (Å²) in [4.78, 5) is 23.4. The summed E-state index contributed by atoms with van der Waals surface area (Å²) in [7, 11) is 0. The van der Waals surface area contributed by atoms with Gasteiger partial charge in [-0.3, -0.25) is 10.1 Å². The van der Waals surface area contributed by atoms with Crippen LogP contribution in [0, 0.1) is 0 Å². The van der Waals surface area contributed by atoms with Gasteiger partial charge in [0.25, 0.3) is 0 Å². The summed E-state index contributed by atoms with van der Waals surface area (Å²) in [5.74, 6) is -0.370. The molecule has 4 N–H and O–H groups in total. The number of carbonyl (C=O) groups excluding carboxylic acids is 2. The van der Waals surface area contributed by atoms with Gasteiger partial charge in [-0.1, -0.05) is 6.92 Å². The van der Waals surface area contributed by atoms with E-state index < -0.39 is 6.03 Å². The molecule has 0 fully saturated rings. The van der Waals surface area contributed by atoms with Gasteiger partial charge in [0.05, 0.1) is 0 Å². The number of nitrogens with two attached hydrogens (primary N) is 1. The fourth-order valence-corrected chi connectivity index (χ4v) is 1.18. The van der Waals surface area contributed by atoms with Crippen molar-refractivity contribution in [3.05, 3.63) is 0 Å². The highest BCUT2D eigenvalue weighted by Crippen LogP contribution is 1.93. The fraction of sp³-hybridized carbons (Fsp3) is 0.778. The van der Waals surface area contributed by atoms with Crippen LogP contribution in [-0.4, -0.2) is 48.2 Å². The zero-order chi connectivity index (χ0) is 11.7. The number of carbonyl (C=O) groups is 2. The van der Waals surface area contributed by atoms with Crippen LogP contribution < -0.4 is 11.1 Å². The first-order valence-electron chi connectivity index (χ1n) is 5.02. The maximum Gasteiger partial charge on any atom is 0.318 e. The third-order valence-corrected chi connectivity index (χ3v) is 2.00. The van der Waals surface area contributed by atoms with E-state index >= 15 is 0 Å². The summed E-state index contributed by atoms with van der Waals surface area (Å²) in [6, 6.07) is -0.821. The Morgan fingerprint density at radius 2 is 2.07 bits per heavy atom. The number of imide groups is 1. The number of primary amides is 1. The topological polar surface area (TPSA) is 95.7 Å². The van der Waals surface area contributed by atoms with Gasteiger partial charge in [0.2, 0.25) is 5.91 Å². The van der Waals surface area contributed by atoms with Crippen LogP contribution in [0.5, 0.6) is 0 Å². The van der Waals surface area contributed by atoms with Gasteiger partial charge >= 0.3 is 6.03 Å². The average Bonchev–Trinajstić information content (AvgIpc) is 2.17. The minimum atomic E-state index is -0.821. The Kier molecular flexibility index (Phi) is 7.57. The van der Waals surface area contributed by atoms with Crippen molar-refractivity contribution in [3.63, 3.8) is 0 Å². The molecule has 0 saturated heterocycles. The zero-order valence-corrected chi connectivity index (χ0v) is 9.03. The van der Waals surface area contributed by atoms with Crippen molar-refractivity contribution in [2.45, 2.75) is 19.8 Å². The maximum absolute atomic E-state index is 11.1. The van der Waals surface area contributed by atoms with Crippen LogP contribution in [0.15, 0.2) is 0 Å².